The Morgan fingerprint density at radius 2 is 0.646 bits per heavy atom. The highest BCUT2D eigenvalue weighted by Gasteiger charge is 2.30. The van der Waals surface area contributed by atoms with Gasteiger partial charge in [0.15, 0.2) is 0 Å². The second kappa shape index (κ2) is 8.93. The fraction of sp³-hybridized carbons (Fsp3) is 0.0870. The van der Waals surface area contributed by atoms with Gasteiger partial charge < -0.3 is 8.80 Å². The summed E-state index contributed by atoms with van der Waals surface area (Å²) in [5.41, 5.74) is 18.3. The summed E-state index contributed by atoms with van der Waals surface area (Å²) < 4.78 is 5.21. The van der Waals surface area contributed by atoms with E-state index in [-0.39, 0.29) is 0 Å². The van der Waals surface area contributed by atoms with Gasteiger partial charge in [0.05, 0.1) is 33.1 Å². The molecule has 0 spiro atoms. The van der Waals surface area contributed by atoms with Crippen molar-refractivity contribution < 1.29 is 0 Å². The zero-order valence-corrected chi connectivity index (χ0v) is 27.4. The number of fused-ring (bicyclic) bond motifs is 14. The Bertz CT molecular complexity index is 2890. The third kappa shape index (κ3) is 2.96. The molecule has 0 saturated carbocycles. The minimum absolute atomic E-state index is 1.27. The molecule has 0 atom stereocenters. The Balaban J connectivity index is 1.49. The van der Waals surface area contributed by atoms with Crippen LogP contribution in [0.4, 0.5) is 0 Å². The highest BCUT2D eigenvalue weighted by atomic mass is 14.9. The number of hydrogen-bond acceptors (Lipinski definition) is 0. The number of para-hydroxylation sites is 4. The van der Waals surface area contributed by atoms with Crippen LogP contribution in [0.1, 0.15) is 22.3 Å². The van der Waals surface area contributed by atoms with Gasteiger partial charge in [-0.25, -0.2) is 0 Å². The van der Waals surface area contributed by atoms with E-state index in [0.717, 1.165) is 0 Å². The summed E-state index contributed by atoms with van der Waals surface area (Å²) in [7, 11) is 0. The fourth-order valence-electron chi connectivity index (χ4n) is 9.54. The largest absolute Gasteiger partial charge is 0.307 e. The second-order valence-corrected chi connectivity index (χ2v) is 13.8. The first-order valence-corrected chi connectivity index (χ1v) is 17.0. The van der Waals surface area contributed by atoms with Crippen molar-refractivity contribution in [2.45, 2.75) is 27.7 Å². The molecule has 0 N–H and O–H groups in total. The van der Waals surface area contributed by atoms with Crippen LogP contribution in [0.15, 0.2) is 121 Å². The van der Waals surface area contributed by atoms with Gasteiger partial charge in [-0.05, 0) is 73.2 Å². The Morgan fingerprint density at radius 3 is 1.06 bits per heavy atom. The molecule has 11 rings (SSSR count). The smallest absolute Gasteiger partial charge is 0.0634 e. The third-order valence-electron chi connectivity index (χ3n) is 11.3. The molecule has 0 radical (unpaired) electrons. The van der Waals surface area contributed by atoms with Crippen LogP contribution in [0.3, 0.4) is 0 Å². The maximum Gasteiger partial charge on any atom is 0.0634 e. The maximum atomic E-state index is 2.60. The topological polar surface area (TPSA) is 8.82 Å². The average molecular weight is 613 g/mol. The summed E-state index contributed by atoms with van der Waals surface area (Å²) in [5.74, 6) is 0. The van der Waals surface area contributed by atoms with Crippen molar-refractivity contribution >= 4 is 76.2 Å². The minimum atomic E-state index is 1.27. The molecule has 0 fully saturated rings. The van der Waals surface area contributed by atoms with E-state index in [0.29, 0.717) is 0 Å². The van der Waals surface area contributed by atoms with Gasteiger partial charge in [0.1, 0.15) is 0 Å². The number of nitrogens with zero attached hydrogens (tertiary/aromatic N) is 2. The average Bonchev–Trinajstić information content (AvgIpc) is 3.81. The van der Waals surface area contributed by atoms with E-state index in [4.69, 9.17) is 0 Å². The highest BCUT2D eigenvalue weighted by molar-refractivity contribution is 6.45. The second-order valence-electron chi connectivity index (χ2n) is 13.8. The van der Waals surface area contributed by atoms with E-state index in [1.165, 1.54) is 121 Å². The third-order valence-corrected chi connectivity index (χ3v) is 11.3. The normalized spacial score (nSPS) is 12.6. The van der Waals surface area contributed by atoms with E-state index in [2.05, 4.69) is 158 Å². The van der Waals surface area contributed by atoms with Crippen LogP contribution in [0.5, 0.6) is 0 Å². The molecule has 2 heteroatoms. The van der Waals surface area contributed by atoms with E-state index < -0.39 is 0 Å². The van der Waals surface area contributed by atoms with Gasteiger partial charge in [0, 0.05) is 54.2 Å². The molecule has 0 amide bonds. The van der Waals surface area contributed by atoms with Crippen LogP contribution in [-0.4, -0.2) is 8.80 Å². The monoisotopic (exact) mass is 612 g/mol. The van der Waals surface area contributed by atoms with Crippen molar-refractivity contribution in [1.29, 1.82) is 0 Å². The number of rotatable bonds is 2. The lowest BCUT2D eigenvalue weighted by molar-refractivity contribution is 1.34. The molecule has 4 aromatic heterocycles. The molecule has 4 heterocycles. The van der Waals surface area contributed by atoms with E-state index in [1.54, 1.807) is 0 Å². The lowest BCUT2D eigenvalue weighted by Gasteiger charge is -2.12. The van der Waals surface area contributed by atoms with Crippen molar-refractivity contribution in [3.8, 4) is 22.3 Å². The van der Waals surface area contributed by atoms with Gasteiger partial charge in [-0.2, -0.15) is 0 Å². The molecule has 0 unspecified atom stereocenters. The summed E-state index contributed by atoms with van der Waals surface area (Å²) >= 11 is 0. The minimum Gasteiger partial charge on any atom is -0.307 e. The Morgan fingerprint density at radius 1 is 0.312 bits per heavy atom. The van der Waals surface area contributed by atoms with Crippen molar-refractivity contribution in [2.75, 3.05) is 0 Å². The molecule has 0 aliphatic heterocycles. The van der Waals surface area contributed by atoms with Crippen LogP contribution in [0, 0.1) is 27.7 Å². The molecule has 0 aliphatic carbocycles. The lowest BCUT2D eigenvalue weighted by atomic mass is 9.92. The lowest BCUT2D eigenvalue weighted by Crippen LogP contribution is -1.91. The van der Waals surface area contributed by atoms with E-state index in [9.17, 15) is 0 Å². The zero-order chi connectivity index (χ0) is 32.0. The molecule has 0 aliphatic rings. The molecule has 226 valence electrons. The SMILES string of the molecule is Cc1cccc(C)c1-c1cccc2c3c4c5ccccc5n5c6c(-c7c(C)cccc7C)cccc6c(c6c7ccccc7n(c12)c63)c45. The summed E-state index contributed by atoms with van der Waals surface area (Å²) in [4.78, 5) is 0. The first kappa shape index (κ1) is 26.2. The molecular formula is C46H32N2. The fourth-order valence-corrected chi connectivity index (χ4v) is 9.54. The van der Waals surface area contributed by atoms with Crippen molar-refractivity contribution in [3.63, 3.8) is 0 Å². The Kier molecular flexibility index (Phi) is 4.88. The molecule has 0 saturated heterocycles. The first-order chi connectivity index (χ1) is 23.5. The van der Waals surface area contributed by atoms with Gasteiger partial charge >= 0.3 is 0 Å². The molecule has 11 aromatic rings. The van der Waals surface area contributed by atoms with Gasteiger partial charge in [-0.3, -0.25) is 0 Å². The summed E-state index contributed by atoms with van der Waals surface area (Å²) in [5, 5.41) is 10.7. The number of hydrogen-bond donors (Lipinski definition) is 0. The summed E-state index contributed by atoms with van der Waals surface area (Å²) in [6.45, 7) is 9.00. The maximum absolute atomic E-state index is 2.60. The standard InChI is InChI=1S/C46H32N2/c1-25-13-9-14-26(2)37(25)31-19-11-21-33-41-39-30-18-6-8-24-36(30)48-44-32(38-27(3)15-10-16-28(38)4)20-12-22-34(44)42(46(39)48)40-29-17-5-7-23-35(29)47(43(31)33)45(40)41/h5-24H,1-4H3. The quantitative estimate of drug-likeness (QED) is 0.184. The Hall–Kier alpha value is -5.86. The predicted octanol–water partition coefficient (Wildman–Crippen LogP) is 12.6. The van der Waals surface area contributed by atoms with Crippen molar-refractivity contribution in [1.82, 2.24) is 8.80 Å². The van der Waals surface area contributed by atoms with Gasteiger partial charge in [0.2, 0.25) is 0 Å². The molecule has 2 nitrogen and oxygen atoms in total. The molecule has 0 bridgehead atoms. The van der Waals surface area contributed by atoms with E-state index >= 15 is 0 Å². The number of benzene rings is 7. The zero-order valence-electron chi connectivity index (χ0n) is 27.4. The van der Waals surface area contributed by atoms with Crippen LogP contribution >= 0.6 is 0 Å². The summed E-state index contributed by atoms with van der Waals surface area (Å²) in [6.07, 6.45) is 0. The molecular weight excluding hydrogens is 581 g/mol. The number of aromatic nitrogens is 2. The van der Waals surface area contributed by atoms with Crippen molar-refractivity contribution in [3.05, 3.63) is 144 Å². The van der Waals surface area contributed by atoms with Crippen LogP contribution in [0.25, 0.3) is 98.4 Å². The van der Waals surface area contributed by atoms with Crippen molar-refractivity contribution in [2.24, 2.45) is 0 Å². The highest BCUT2D eigenvalue weighted by Crippen LogP contribution is 2.54. The summed E-state index contributed by atoms with van der Waals surface area (Å²) in [6, 6.07) is 45.4. The van der Waals surface area contributed by atoms with Gasteiger partial charge in [-0.1, -0.05) is 109 Å². The van der Waals surface area contributed by atoms with Gasteiger partial charge in [-0.15, -0.1) is 0 Å². The van der Waals surface area contributed by atoms with Crippen LogP contribution in [-0.2, 0) is 0 Å². The van der Waals surface area contributed by atoms with Gasteiger partial charge in [0.25, 0.3) is 0 Å². The Labute approximate surface area is 277 Å². The van der Waals surface area contributed by atoms with E-state index in [1.807, 2.05) is 0 Å². The number of aryl methyl sites for hydroxylation is 4. The van der Waals surface area contributed by atoms with Crippen LogP contribution < -0.4 is 0 Å². The van der Waals surface area contributed by atoms with Crippen LogP contribution in [0.2, 0.25) is 0 Å². The molecule has 7 aromatic carbocycles. The first-order valence-electron chi connectivity index (χ1n) is 17.0. The predicted molar refractivity (Wildman–Crippen MR) is 206 cm³/mol. The molecule has 48 heavy (non-hydrogen) atoms.